The van der Waals surface area contributed by atoms with Crippen LogP contribution in [0.25, 0.3) is 16.6 Å². The number of aryl methyl sites for hydroxylation is 1. The lowest BCUT2D eigenvalue weighted by molar-refractivity contribution is 0.0466. The Balaban J connectivity index is 1.53. The fourth-order valence-corrected chi connectivity index (χ4v) is 3.20. The number of aromatic nitrogens is 4. The van der Waals surface area contributed by atoms with Gasteiger partial charge in [-0.05, 0) is 42.3 Å². The quantitative estimate of drug-likeness (QED) is 0.471. The Labute approximate surface area is 166 Å². The first-order valence-corrected chi connectivity index (χ1v) is 9.24. The Bertz CT molecular complexity index is 1160. The maximum absolute atomic E-state index is 12.4. The van der Waals surface area contributed by atoms with Gasteiger partial charge in [0.05, 0.1) is 23.0 Å². The van der Waals surface area contributed by atoms with Crippen molar-refractivity contribution in [3.05, 3.63) is 82.8 Å². The molecular formula is C21H17ClN4O2. The van der Waals surface area contributed by atoms with Gasteiger partial charge in [0.1, 0.15) is 12.3 Å². The molecule has 0 saturated carbocycles. The number of fused-ring (bicyclic) bond motifs is 1. The normalized spacial score (nSPS) is 10.9. The van der Waals surface area contributed by atoms with E-state index in [4.69, 9.17) is 16.3 Å². The van der Waals surface area contributed by atoms with Crippen LogP contribution in [0.3, 0.4) is 0 Å². The second kappa shape index (κ2) is 7.78. The second-order valence-corrected chi connectivity index (χ2v) is 6.67. The van der Waals surface area contributed by atoms with Crippen LogP contribution in [0.2, 0.25) is 5.02 Å². The topological polar surface area (TPSA) is 69.9 Å². The van der Waals surface area contributed by atoms with Crippen molar-refractivity contribution in [3.63, 3.8) is 0 Å². The molecule has 4 aromatic rings. The maximum Gasteiger partial charge on any atom is 0.338 e. The van der Waals surface area contributed by atoms with E-state index in [9.17, 15) is 4.79 Å². The van der Waals surface area contributed by atoms with Crippen LogP contribution in [-0.2, 0) is 17.8 Å². The predicted octanol–water partition coefficient (Wildman–Crippen LogP) is 4.39. The van der Waals surface area contributed by atoms with Crippen molar-refractivity contribution in [3.8, 4) is 5.69 Å². The molecule has 6 nitrogen and oxygen atoms in total. The van der Waals surface area contributed by atoms with Crippen LogP contribution in [0, 0.1) is 0 Å². The van der Waals surface area contributed by atoms with Crippen molar-refractivity contribution in [2.75, 3.05) is 0 Å². The van der Waals surface area contributed by atoms with E-state index in [0.29, 0.717) is 16.3 Å². The molecule has 2 aromatic carbocycles. The molecule has 0 atom stereocenters. The Morgan fingerprint density at radius 2 is 2.04 bits per heavy atom. The zero-order valence-electron chi connectivity index (χ0n) is 15.2. The number of nitrogens with zero attached hydrogens (tertiary/aromatic N) is 4. The van der Waals surface area contributed by atoms with Crippen LogP contribution >= 0.6 is 11.6 Å². The number of ether oxygens (including phenoxy) is 1. The van der Waals surface area contributed by atoms with Crippen LogP contribution in [0.15, 0.2) is 60.9 Å². The van der Waals surface area contributed by atoms with E-state index in [1.807, 2.05) is 37.3 Å². The highest BCUT2D eigenvalue weighted by atomic mass is 35.5. The summed E-state index contributed by atoms with van der Waals surface area (Å²) in [5, 5.41) is 9.79. The number of hydrogen-bond acceptors (Lipinski definition) is 5. The molecule has 0 amide bonds. The third-order valence-electron chi connectivity index (χ3n) is 4.44. The lowest BCUT2D eigenvalue weighted by atomic mass is 10.1. The standard InChI is InChI=1S/C21H17ClN4O2/c1-2-14-5-3-4-6-17(14)21(27)28-13-16-12-26(25-24-16)20-9-10-23-19-11-15(22)7-8-18(19)20/h3-12H,2,13H2,1H3. The Kier molecular flexibility index (Phi) is 5.04. The number of hydrogen-bond donors (Lipinski definition) is 0. The zero-order chi connectivity index (χ0) is 19.5. The van der Waals surface area contributed by atoms with E-state index in [0.717, 1.165) is 28.6 Å². The van der Waals surface area contributed by atoms with E-state index in [1.54, 1.807) is 35.3 Å². The highest BCUT2D eigenvalue weighted by Crippen LogP contribution is 2.23. The molecule has 0 aliphatic heterocycles. The number of esters is 1. The summed E-state index contributed by atoms with van der Waals surface area (Å²) < 4.78 is 7.06. The molecule has 0 aliphatic rings. The number of carbonyl (C=O) groups is 1. The highest BCUT2D eigenvalue weighted by molar-refractivity contribution is 6.31. The highest BCUT2D eigenvalue weighted by Gasteiger charge is 2.13. The van der Waals surface area contributed by atoms with Crippen molar-refractivity contribution in [1.29, 1.82) is 0 Å². The molecule has 2 aromatic heterocycles. The molecule has 0 bridgehead atoms. The molecule has 0 aliphatic carbocycles. The van der Waals surface area contributed by atoms with Gasteiger partial charge < -0.3 is 4.74 Å². The van der Waals surface area contributed by atoms with Gasteiger partial charge in [-0.15, -0.1) is 5.10 Å². The lowest BCUT2D eigenvalue weighted by Crippen LogP contribution is -2.08. The molecule has 0 saturated heterocycles. The first-order valence-electron chi connectivity index (χ1n) is 8.86. The van der Waals surface area contributed by atoms with Crippen molar-refractivity contribution in [1.82, 2.24) is 20.0 Å². The fourth-order valence-electron chi connectivity index (χ4n) is 3.03. The number of carbonyl (C=O) groups excluding carboxylic acids is 1. The zero-order valence-corrected chi connectivity index (χ0v) is 15.9. The van der Waals surface area contributed by atoms with Crippen molar-refractivity contribution in [2.45, 2.75) is 20.0 Å². The molecule has 0 unspecified atom stereocenters. The lowest BCUT2D eigenvalue weighted by Gasteiger charge is -2.07. The smallest absolute Gasteiger partial charge is 0.338 e. The van der Waals surface area contributed by atoms with E-state index in [1.165, 1.54) is 0 Å². The molecule has 0 spiro atoms. The van der Waals surface area contributed by atoms with Gasteiger partial charge in [0.2, 0.25) is 0 Å². The fraction of sp³-hybridized carbons (Fsp3) is 0.143. The van der Waals surface area contributed by atoms with E-state index in [-0.39, 0.29) is 12.6 Å². The monoisotopic (exact) mass is 392 g/mol. The Morgan fingerprint density at radius 1 is 1.18 bits per heavy atom. The van der Waals surface area contributed by atoms with E-state index >= 15 is 0 Å². The summed E-state index contributed by atoms with van der Waals surface area (Å²) in [6.45, 7) is 2.05. The molecule has 2 heterocycles. The summed E-state index contributed by atoms with van der Waals surface area (Å²) in [4.78, 5) is 16.7. The average molecular weight is 393 g/mol. The minimum atomic E-state index is -0.365. The third-order valence-corrected chi connectivity index (χ3v) is 4.67. The summed E-state index contributed by atoms with van der Waals surface area (Å²) in [6.07, 6.45) is 4.19. The molecule has 4 rings (SSSR count). The number of benzene rings is 2. The van der Waals surface area contributed by atoms with Gasteiger partial charge in [0.25, 0.3) is 0 Å². The van der Waals surface area contributed by atoms with Crippen LogP contribution in [-0.4, -0.2) is 25.9 Å². The molecule has 0 fully saturated rings. The van der Waals surface area contributed by atoms with Gasteiger partial charge in [0, 0.05) is 16.6 Å². The van der Waals surface area contributed by atoms with Gasteiger partial charge in [-0.2, -0.15) is 0 Å². The largest absolute Gasteiger partial charge is 0.455 e. The first kappa shape index (κ1) is 18.1. The van der Waals surface area contributed by atoms with E-state index in [2.05, 4.69) is 15.3 Å². The number of rotatable bonds is 5. The molecule has 7 heteroatoms. The Morgan fingerprint density at radius 3 is 2.89 bits per heavy atom. The van der Waals surface area contributed by atoms with Crippen LogP contribution in [0.4, 0.5) is 0 Å². The first-order chi connectivity index (χ1) is 13.7. The molecule has 28 heavy (non-hydrogen) atoms. The SMILES string of the molecule is CCc1ccccc1C(=O)OCc1cn(-c2ccnc3cc(Cl)ccc23)nn1. The van der Waals surface area contributed by atoms with Crippen LogP contribution in [0.1, 0.15) is 28.5 Å². The van der Waals surface area contributed by atoms with Crippen molar-refractivity contribution < 1.29 is 9.53 Å². The molecular weight excluding hydrogens is 376 g/mol. The molecule has 0 N–H and O–H groups in total. The molecule has 140 valence electrons. The van der Waals surface area contributed by atoms with Crippen molar-refractivity contribution >= 4 is 28.5 Å². The minimum Gasteiger partial charge on any atom is -0.455 e. The molecule has 0 radical (unpaired) electrons. The third kappa shape index (κ3) is 3.59. The number of pyridine rings is 1. The Hall–Kier alpha value is -3.25. The van der Waals surface area contributed by atoms with Gasteiger partial charge >= 0.3 is 5.97 Å². The van der Waals surface area contributed by atoms with Crippen LogP contribution in [0.5, 0.6) is 0 Å². The average Bonchev–Trinajstić information content (AvgIpc) is 3.20. The summed E-state index contributed by atoms with van der Waals surface area (Å²) in [7, 11) is 0. The van der Waals surface area contributed by atoms with Gasteiger partial charge in [-0.1, -0.05) is 41.9 Å². The minimum absolute atomic E-state index is 0.0473. The van der Waals surface area contributed by atoms with Gasteiger partial charge in [-0.3, -0.25) is 4.98 Å². The second-order valence-electron chi connectivity index (χ2n) is 6.23. The summed E-state index contributed by atoms with van der Waals surface area (Å²) in [5.74, 6) is -0.365. The maximum atomic E-state index is 12.4. The van der Waals surface area contributed by atoms with E-state index < -0.39 is 0 Å². The van der Waals surface area contributed by atoms with Crippen molar-refractivity contribution in [2.24, 2.45) is 0 Å². The summed E-state index contributed by atoms with van der Waals surface area (Å²) in [6, 6.07) is 14.8. The summed E-state index contributed by atoms with van der Waals surface area (Å²) >= 11 is 6.04. The number of halogens is 1. The van der Waals surface area contributed by atoms with Gasteiger partial charge in [-0.25, -0.2) is 9.48 Å². The van der Waals surface area contributed by atoms with Gasteiger partial charge in [0.15, 0.2) is 0 Å². The predicted molar refractivity (Wildman–Crippen MR) is 107 cm³/mol. The summed E-state index contributed by atoms with van der Waals surface area (Å²) in [5.41, 5.74) is 3.68. The van der Waals surface area contributed by atoms with Crippen LogP contribution < -0.4 is 0 Å².